The van der Waals surface area contributed by atoms with E-state index in [1.54, 1.807) is 7.11 Å². The molecule has 194 valence electrons. The van der Waals surface area contributed by atoms with E-state index >= 15 is 0 Å². The minimum Gasteiger partial charge on any atom is -0.493 e. The number of carbonyl (C=O) groups is 1. The zero-order valence-corrected chi connectivity index (χ0v) is 21.9. The maximum Gasteiger partial charge on any atom is 0.256 e. The number of aliphatic imine (C=N–C) groups is 1. The predicted molar refractivity (Wildman–Crippen MR) is 150 cm³/mol. The van der Waals surface area contributed by atoms with Crippen molar-refractivity contribution in [2.45, 2.75) is 18.9 Å². The highest BCUT2D eigenvalue weighted by Crippen LogP contribution is 2.37. The summed E-state index contributed by atoms with van der Waals surface area (Å²) >= 11 is 3.32. The summed E-state index contributed by atoms with van der Waals surface area (Å²) in [7, 11) is 1.61. The molecule has 2 saturated heterocycles. The third-order valence-corrected chi connectivity index (χ3v) is 7.09. The van der Waals surface area contributed by atoms with Crippen molar-refractivity contribution in [3.05, 3.63) is 59.9 Å². The Kier molecular flexibility index (Phi) is 7.81. The Morgan fingerprint density at radius 2 is 1.78 bits per heavy atom. The molecule has 9 heteroatoms. The smallest absolute Gasteiger partial charge is 0.256 e. The first-order valence-corrected chi connectivity index (χ1v) is 13.3. The molecule has 7 nitrogen and oxygen atoms in total. The minimum atomic E-state index is -0.168. The molecule has 3 aliphatic heterocycles. The normalized spacial score (nSPS) is 18.6. The molecule has 3 aliphatic rings. The average Bonchev–Trinajstić information content (AvgIpc) is 3.36. The fourth-order valence-corrected chi connectivity index (χ4v) is 5.18. The van der Waals surface area contributed by atoms with Crippen molar-refractivity contribution in [1.29, 1.82) is 0 Å². The monoisotopic (exact) mass is 523 g/mol. The van der Waals surface area contributed by atoms with Gasteiger partial charge in [0.05, 0.1) is 24.4 Å². The highest BCUT2D eigenvalue weighted by atomic mass is 32.1. The van der Waals surface area contributed by atoms with Crippen LogP contribution in [-0.2, 0) is 12.6 Å². The first-order valence-electron chi connectivity index (χ1n) is 12.6. The SMILES string of the molecule is COc1cc2cc3c(cc2cc1OC[SH2+])N=CC1CCCN1C3=O.Fc1ccc(N2CCNCC2)cc1. The Balaban J connectivity index is 0.000000182. The van der Waals surface area contributed by atoms with Gasteiger partial charge in [-0.1, -0.05) is 0 Å². The number of benzene rings is 3. The van der Waals surface area contributed by atoms with Crippen LogP contribution in [0.25, 0.3) is 10.8 Å². The molecular weight excluding hydrogens is 491 g/mol. The topological polar surface area (TPSA) is 66.4 Å². The summed E-state index contributed by atoms with van der Waals surface area (Å²) in [6.07, 6.45) is 3.92. The number of halogens is 1. The molecule has 1 N–H and O–H groups in total. The highest BCUT2D eigenvalue weighted by molar-refractivity contribution is 7.58. The maximum absolute atomic E-state index is 12.9. The van der Waals surface area contributed by atoms with Crippen LogP contribution in [0.5, 0.6) is 11.5 Å². The van der Waals surface area contributed by atoms with Crippen molar-refractivity contribution in [3.8, 4) is 11.5 Å². The third kappa shape index (κ3) is 5.52. The predicted octanol–water partition coefficient (Wildman–Crippen LogP) is 3.75. The van der Waals surface area contributed by atoms with Gasteiger partial charge in [0.15, 0.2) is 11.5 Å². The van der Waals surface area contributed by atoms with Crippen molar-refractivity contribution < 1.29 is 18.7 Å². The molecule has 1 unspecified atom stereocenters. The summed E-state index contributed by atoms with van der Waals surface area (Å²) in [5, 5.41) is 5.19. The number of anilines is 1. The van der Waals surface area contributed by atoms with Crippen LogP contribution in [0, 0.1) is 5.82 Å². The van der Waals surface area contributed by atoms with Gasteiger partial charge in [0.2, 0.25) is 5.94 Å². The second kappa shape index (κ2) is 11.4. The molecule has 37 heavy (non-hydrogen) atoms. The second-order valence-electron chi connectivity index (χ2n) is 9.21. The van der Waals surface area contributed by atoms with E-state index in [-0.39, 0.29) is 17.8 Å². The lowest BCUT2D eigenvalue weighted by Gasteiger charge is -2.29. The van der Waals surface area contributed by atoms with Crippen molar-refractivity contribution in [3.63, 3.8) is 0 Å². The van der Waals surface area contributed by atoms with E-state index in [9.17, 15) is 9.18 Å². The number of rotatable bonds is 4. The molecule has 2 fully saturated rings. The van der Waals surface area contributed by atoms with Crippen LogP contribution in [0.2, 0.25) is 0 Å². The van der Waals surface area contributed by atoms with Gasteiger partial charge in [-0.2, -0.15) is 0 Å². The summed E-state index contributed by atoms with van der Waals surface area (Å²) in [5.41, 5.74) is 2.48. The van der Waals surface area contributed by atoms with E-state index in [2.05, 4.69) is 27.8 Å². The Bertz CT molecular complexity index is 1290. The van der Waals surface area contributed by atoms with Crippen molar-refractivity contribution >= 4 is 46.9 Å². The van der Waals surface area contributed by atoms with E-state index in [1.165, 1.54) is 12.1 Å². The van der Waals surface area contributed by atoms with Crippen LogP contribution in [0.15, 0.2) is 53.5 Å². The van der Waals surface area contributed by atoms with E-state index in [1.807, 2.05) is 47.5 Å². The largest absolute Gasteiger partial charge is 0.493 e. The number of nitrogens with one attached hydrogen (secondary N) is 1. The molecule has 0 spiro atoms. The number of amides is 1. The number of fused-ring (bicyclic) bond motifs is 3. The van der Waals surface area contributed by atoms with Crippen LogP contribution >= 0.6 is 0 Å². The molecule has 3 aromatic rings. The molecule has 3 heterocycles. The number of carbonyl (C=O) groups excluding carboxylic acids is 1. The molecule has 6 rings (SSSR count). The molecular formula is C28H32FN4O3S+. The lowest BCUT2D eigenvalue weighted by molar-refractivity contribution is 0.0775. The fraction of sp³-hybridized carbons (Fsp3) is 0.357. The summed E-state index contributed by atoms with van der Waals surface area (Å²) in [6, 6.07) is 14.5. The number of nitrogens with zero attached hydrogens (tertiary/aromatic N) is 3. The van der Waals surface area contributed by atoms with Gasteiger partial charge in [-0.3, -0.25) is 9.79 Å². The molecule has 0 aromatic heterocycles. The van der Waals surface area contributed by atoms with E-state index in [0.29, 0.717) is 23.0 Å². The van der Waals surface area contributed by atoms with Crippen LogP contribution in [0.3, 0.4) is 0 Å². The van der Waals surface area contributed by atoms with Gasteiger partial charge in [-0.05, 0) is 84.8 Å². The number of hydrogen-bond donors (Lipinski definition) is 1. The van der Waals surface area contributed by atoms with Gasteiger partial charge in [0, 0.05) is 44.6 Å². The van der Waals surface area contributed by atoms with Gasteiger partial charge >= 0.3 is 0 Å². The number of piperazine rings is 1. The minimum absolute atomic E-state index is 0.0614. The number of methoxy groups -OCH3 is 1. The maximum atomic E-state index is 12.9. The summed E-state index contributed by atoms with van der Waals surface area (Å²) < 4.78 is 23.6. The highest BCUT2D eigenvalue weighted by Gasteiger charge is 2.31. The third-order valence-electron chi connectivity index (χ3n) is 6.95. The van der Waals surface area contributed by atoms with Crippen molar-refractivity contribution in [1.82, 2.24) is 10.2 Å². The molecule has 0 radical (unpaired) electrons. The molecule has 0 bridgehead atoms. The lowest BCUT2D eigenvalue weighted by Crippen LogP contribution is -2.43. The van der Waals surface area contributed by atoms with E-state index < -0.39 is 0 Å². The van der Waals surface area contributed by atoms with Crippen LogP contribution in [0.4, 0.5) is 15.8 Å². The lowest BCUT2D eigenvalue weighted by atomic mass is 10.0. The van der Waals surface area contributed by atoms with Crippen molar-refractivity contribution in [2.75, 3.05) is 50.7 Å². The zero-order chi connectivity index (χ0) is 25.8. The average molecular weight is 524 g/mol. The second-order valence-corrected chi connectivity index (χ2v) is 9.50. The first-order chi connectivity index (χ1) is 18.1. The summed E-state index contributed by atoms with van der Waals surface area (Å²) in [6.45, 7) is 4.83. The number of ether oxygens (including phenoxy) is 2. The van der Waals surface area contributed by atoms with Gasteiger partial charge in [-0.25, -0.2) is 4.39 Å². The Morgan fingerprint density at radius 1 is 1.05 bits per heavy atom. The standard InChI is InChI=1S/C18H18N2O3S.C10H13FN2/c1-22-16-7-11-5-14-15(6-12(11)8-17(16)23-10-24)19-9-13-3-2-4-20(13)18(14)21;11-9-1-3-10(4-2-9)13-7-5-12-6-8-13/h5-9,13,24H,2-4,10H2,1H3;1-4,12H,5-8H2/p+1. The molecule has 0 aliphatic carbocycles. The first kappa shape index (κ1) is 25.4. The van der Waals surface area contributed by atoms with Crippen LogP contribution < -0.4 is 19.7 Å². The summed E-state index contributed by atoms with van der Waals surface area (Å²) in [4.78, 5) is 21.6. The van der Waals surface area contributed by atoms with Crippen LogP contribution in [-0.4, -0.2) is 68.8 Å². The fourth-order valence-electron chi connectivity index (χ4n) is 5.02. The van der Waals surface area contributed by atoms with E-state index in [0.717, 1.165) is 67.7 Å². The Labute approximate surface area is 221 Å². The quantitative estimate of drug-likeness (QED) is 0.528. The van der Waals surface area contributed by atoms with Gasteiger partial charge in [0.25, 0.3) is 5.91 Å². The van der Waals surface area contributed by atoms with Gasteiger partial charge in [0.1, 0.15) is 5.82 Å². The van der Waals surface area contributed by atoms with Crippen LogP contribution in [0.1, 0.15) is 23.2 Å². The number of hydrogen-bond acceptors (Lipinski definition) is 6. The summed E-state index contributed by atoms with van der Waals surface area (Å²) in [5.74, 6) is 1.57. The molecule has 1 atom stereocenters. The van der Waals surface area contributed by atoms with Gasteiger partial charge < -0.3 is 24.6 Å². The molecule has 0 saturated carbocycles. The molecule has 3 aromatic carbocycles. The van der Waals surface area contributed by atoms with Crippen molar-refractivity contribution in [2.24, 2.45) is 4.99 Å². The Morgan fingerprint density at radius 3 is 2.51 bits per heavy atom. The Hall–Kier alpha value is -3.30. The van der Waals surface area contributed by atoms with E-state index in [4.69, 9.17) is 9.47 Å². The van der Waals surface area contributed by atoms with Gasteiger partial charge in [-0.15, -0.1) is 0 Å². The zero-order valence-electron chi connectivity index (χ0n) is 20.9. The molecule has 1 amide bonds.